The molecule has 2 unspecified atom stereocenters. The second kappa shape index (κ2) is 2.56. The van der Waals surface area contributed by atoms with Crippen molar-refractivity contribution in [3.05, 3.63) is 35.9 Å². The van der Waals surface area contributed by atoms with E-state index >= 15 is 0 Å². The van der Waals surface area contributed by atoms with Gasteiger partial charge in [0.15, 0.2) is 0 Å². The molecule has 0 radical (unpaired) electrons. The number of nitrogens with one attached hydrogen (secondary N) is 1. The van der Waals surface area contributed by atoms with Crippen LogP contribution in [0, 0.1) is 0 Å². The van der Waals surface area contributed by atoms with E-state index < -0.39 is 6.17 Å². The minimum Gasteiger partial charge on any atom is -0.308 e. The summed E-state index contributed by atoms with van der Waals surface area (Å²) in [5.41, 5.74) is 0.682. The fourth-order valence-electron chi connectivity index (χ4n) is 1.66. The maximum atomic E-state index is 13.1. The number of alkyl halides is 1. The zero-order valence-corrected chi connectivity index (χ0v) is 7.05. The highest BCUT2D eigenvalue weighted by atomic mass is 19.1. The predicted molar refractivity (Wildman–Crippen MR) is 46.7 cm³/mol. The molecule has 1 aromatic rings. The van der Waals surface area contributed by atoms with Gasteiger partial charge in [0.1, 0.15) is 6.17 Å². The number of hydrogen-bond donors (Lipinski definition) is 1. The molecule has 12 heavy (non-hydrogen) atoms. The van der Waals surface area contributed by atoms with Crippen LogP contribution in [-0.2, 0) is 5.54 Å². The summed E-state index contributed by atoms with van der Waals surface area (Å²) in [5, 5.41) is 3.04. The molecular formula is C10H12FN. The first kappa shape index (κ1) is 7.74. The Balaban J connectivity index is 2.31. The maximum absolute atomic E-state index is 13.1. The van der Waals surface area contributed by atoms with Gasteiger partial charge >= 0.3 is 0 Å². The van der Waals surface area contributed by atoms with E-state index in [1.807, 2.05) is 37.4 Å². The molecule has 1 N–H and O–H groups in total. The number of halogens is 1. The van der Waals surface area contributed by atoms with E-state index in [-0.39, 0.29) is 5.54 Å². The van der Waals surface area contributed by atoms with Crippen LogP contribution in [0.25, 0.3) is 0 Å². The SMILES string of the molecule is CNC1(c2ccccc2)CC1F. The fraction of sp³-hybridized carbons (Fsp3) is 0.400. The molecule has 1 nitrogen and oxygen atoms in total. The molecule has 2 rings (SSSR count). The Morgan fingerprint density at radius 2 is 2.00 bits per heavy atom. The summed E-state index contributed by atoms with van der Waals surface area (Å²) >= 11 is 0. The van der Waals surface area contributed by atoms with Gasteiger partial charge in [-0.15, -0.1) is 0 Å². The van der Waals surface area contributed by atoms with Crippen molar-refractivity contribution in [1.82, 2.24) is 5.32 Å². The third-order valence-electron chi connectivity index (χ3n) is 2.61. The van der Waals surface area contributed by atoms with Crippen molar-refractivity contribution in [3.8, 4) is 0 Å². The summed E-state index contributed by atoms with van der Waals surface area (Å²) in [6, 6.07) is 9.77. The van der Waals surface area contributed by atoms with E-state index in [0.29, 0.717) is 6.42 Å². The predicted octanol–water partition coefficient (Wildman–Crippen LogP) is 1.84. The van der Waals surface area contributed by atoms with Gasteiger partial charge in [-0.3, -0.25) is 0 Å². The lowest BCUT2D eigenvalue weighted by Crippen LogP contribution is -2.27. The van der Waals surface area contributed by atoms with Gasteiger partial charge < -0.3 is 5.32 Å². The summed E-state index contributed by atoms with van der Waals surface area (Å²) in [5.74, 6) is 0. The third-order valence-corrected chi connectivity index (χ3v) is 2.61. The highest BCUT2D eigenvalue weighted by molar-refractivity contribution is 5.33. The first-order valence-corrected chi connectivity index (χ1v) is 4.18. The van der Waals surface area contributed by atoms with Crippen LogP contribution in [0.5, 0.6) is 0 Å². The van der Waals surface area contributed by atoms with Crippen LogP contribution in [0.3, 0.4) is 0 Å². The van der Waals surface area contributed by atoms with Crippen LogP contribution < -0.4 is 5.32 Å². The van der Waals surface area contributed by atoms with E-state index in [9.17, 15) is 4.39 Å². The lowest BCUT2D eigenvalue weighted by atomic mass is 10.1. The van der Waals surface area contributed by atoms with Crippen LogP contribution in [0.15, 0.2) is 30.3 Å². The molecule has 2 heteroatoms. The highest BCUT2D eigenvalue weighted by Crippen LogP contribution is 2.47. The lowest BCUT2D eigenvalue weighted by molar-refractivity contribution is 0.393. The van der Waals surface area contributed by atoms with Crippen LogP contribution >= 0.6 is 0 Å². The Hall–Kier alpha value is -0.890. The molecule has 0 spiro atoms. The lowest BCUT2D eigenvalue weighted by Gasteiger charge is -2.13. The zero-order chi connectivity index (χ0) is 8.60. The molecule has 1 aliphatic rings. The Morgan fingerprint density at radius 1 is 1.42 bits per heavy atom. The minimum absolute atomic E-state index is 0.374. The van der Waals surface area contributed by atoms with Crippen molar-refractivity contribution in [2.45, 2.75) is 18.1 Å². The molecule has 0 heterocycles. The fourth-order valence-corrected chi connectivity index (χ4v) is 1.66. The highest BCUT2D eigenvalue weighted by Gasteiger charge is 2.55. The zero-order valence-electron chi connectivity index (χ0n) is 7.05. The van der Waals surface area contributed by atoms with Gasteiger partial charge in [-0.25, -0.2) is 4.39 Å². The van der Waals surface area contributed by atoms with E-state index in [1.165, 1.54) is 0 Å². The molecule has 0 aliphatic heterocycles. The van der Waals surface area contributed by atoms with Gasteiger partial charge in [-0.2, -0.15) is 0 Å². The van der Waals surface area contributed by atoms with E-state index in [1.54, 1.807) is 0 Å². The molecule has 0 bridgehead atoms. The first-order valence-electron chi connectivity index (χ1n) is 4.18. The number of rotatable bonds is 2. The quantitative estimate of drug-likeness (QED) is 0.705. The topological polar surface area (TPSA) is 12.0 Å². The molecule has 0 aromatic heterocycles. The van der Waals surface area contributed by atoms with E-state index in [0.717, 1.165) is 5.56 Å². The van der Waals surface area contributed by atoms with Crippen molar-refractivity contribution in [1.29, 1.82) is 0 Å². The van der Waals surface area contributed by atoms with Crippen LogP contribution in [-0.4, -0.2) is 13.2 Å². The van der Waals surface area contributed by atoms with Gasteiger partial charge in [-0.05, 0) is 12.6 Å². The van der Waals surface area contributed by atoms with Crippen molar-refractivity contribution in [2.24, 2.45) is 0 Å². The Labute approximate surface area is 71.6 Å². The minimum atomic E-state index is -0.718. The summed E-state index contributed by atoms with van der Waals surface area (Å²) in [6.07, 6.45) is -0.113. The molecule has 64 valence electrons. The van der Waals surface area contributed by atoms with E-state index in [4.69, 9.17) is 0 Å². The summed E-state index contributed by atoms with van der Waals surface area (Å²) < 4.78 is 13.1. The molecule has 2 atom stereocenters. The van der Waals surface area contributed by atoms with Crippen molar-refractivity contribution in [3.63, 3.8) is 0 Å². The molecule has 1 fully saturated rings. The Bertz CT molecular complexity index is 268. The van der Waals surface area contributed by atoms with E-state index in [2.05, 4.69) is 5.32 Å². The average molecular weight is 165 g/mol. The molecule has 0 saturated heterocycles. The smallest absolute Gasteiger partial charge is 0.125 e. The largest absolute Gasteiger partial charge is 0.308 e. The molecule has 1 aliphatic carbocycles. The first-order chi connectivity index (χ1) is 5.79. The normalized spacial score (nSPS) is 33.3. The number of benzene rings is 1. The molecule has 1 aromatic carbocycles. The van der Waals surface area contributed by atoms with Crippen LogP contribution in [0.4, 0.5) is 4.39 Å². The van der Waals surface area contributed by atoms with Crippen LogP contribution in [0.1, 0.15) is 12.0 Å². The standard InChI is InChI=1S/C10H12FN/c1-12-10(7-9(10)11)8-5-3-2-4-6-8/h2-6,9,12H,7H2,1H3. The summed E-state index contributed by atoms with van der Waals surface area (Å²) in [6.45, 7) is 0. The van der Waals surface area contributed by atoms with Gasteiger partial charge in [0.05, 0.1) is 5.54 Å². The van der Waals surface area contributed by atoms with Gasteiger partial charge in [-0.1, -0.05) is 30.3 Å². The second-order valence-corrected chi connectivity index (χ2v) is 3.26. The van der Waals surface area contributed by atoms with Gasteiger partial charge in [0, 0.05) is 6.42 Å². The second-order valence-electron chi connectivity index (χ2n) is 3.26. The third kappa shape index (κ3) is 0.950. The Kier molecular flexibility index (Phi) is 1.65. The van der Waals surface area contributed by atoms with Crippen LogP contribution in [0.2, 0.25) is 0 Å². The average Bonchev–Trinajstić information content (AvgIpc) is 2.80. The molecule has 0 amide bonds. The monoisotopic (exact) mass is 165 g/mol. The molecular weight excluding hydrogens is 153 g/mol. The Morgan fingerprint density at radius 3 is 2.42 bits per heavy atom. The van der Waals surface area contributed by atoms with Crippen molar-refractivity contribution in [2.75, 3.05) is 7.05 Å². The molecule has 1 saturated carbocycles. The van der Waals surface area contributed by atoms with Crippen molar-refractivity contribution >= 4 is 0 Å². The number of hydrogen-bond acceptors (Lipinski definition) is 1. The van der Waals surface area contributed by atoms with Gasteiger partial charge in [0.2, 0.25) is 0 Å². The summed E-state index contributed by atoms with van der Waals surface area (Å²) in [4.78, 5) is 0. The maximum Gasteiger partial charge on any atom is 0.125 e. The van der Waals surface area contributed by atoms with Gasteiger partial charge in [0.25, 0.3) is 0 Å². The van der Waals surface area contributed by atoms with Crippen molar-refractivity contribution < 1.29 is 4.39 Å². The summed E-state index contributed by atoms with van der Waals surface area (Å²) in [7, 11) is 1.81.